The SMILES string of the molecule is CCCCCCCC/C=C\CCCCCCCCC(CCCCCCC/C=C\CCCCCCCC)OC(=O)C(COC(C)(C)C)NC(=O)OCC1c2ccccc2-c2ccccc21. The summed E-state index contributed by atoms with van der Waals surface area (Å²) in [5.74, 6) is -0.512. The van der Waals surface area contributed by atoms with Gasteiger partial charge in [-0.05, 0) is 120 Å². The molecule has 2 atom stereocenters. The van der Waals surface area contributed by atoms with E-state index in [4.69, 9.17) is 14.2 Å². The molecule has 0 radical (unpaired) electrons. The van der Waals surface area contributed by atoms with Gasteiger partial charge in [0.15, 0.2) is 6.04 Å². The summed E-state index contributed by atoms with van der Waals surface area (Å²) < 4.78 is 18.2. The third-order valence-corrected chi connectivity index (χ3v) is 12.7. The number of unbranched alkanes of at least 4 members (excludes halogenated alkanes) is 23. The van der Waals surface area contributed by atoms with Gasteiger partial charge in [0.25, 0.3) is 0 Å². The standard InChI is InChI=1S/C58H93NO5/c1-6-8-10-12-14-16-18-20-22-24-26-28-30-32-34-36-42-49(41-35-33-31-29-27-25-23-21-19-17-15-13-11-9-7-2)64-56(60)55(48-63-58(3,4)5)59-57(61)62-47-54-52-45-39-37-43-50(52)51-44-38-40-46-53(51)54/h20-23,37-40,43-46,49,54-55H,6-19,24-36,41-42,47-48H2,1-5H3,(H,59,61)/b22-20-,23-21-. The number of fused-ring (bicyclic) bond motifs is 3. The molecule has 3 rings (SSSR count). The van der Waals surface area contributed by atoms with E-state index in [2.05, 4.69) is 67.7 Å². The van der Waals surface area contributed by atoms with Crippen molar-refractivity contribution in [1.29, 1.82) is 0 Å². The molecule has 6 heteroatoms. The van der Waals surface area contributed by atoms with Crippen molar-refractivity contribution < 1.29 is 23.8 Å². The summed E-state index contributed by atoms with van der Waals surface area (Å²) in [5, 5.41) is 2.84. The molecule has 1 N–H and O–H groups in total. The lowest BCUT2D eigenvalue weighted by atomic mass is 9.98. The molecule has 360 valence electrons. The minimum absolute atomic E-state index is 0.0148. The van der Waals surface area contributed by atoms with Crippen LogP contribution < -0.4 is 5.32 Å². The van der Waals surface area contributed by atoms with Crippen molar-refractivity contribution in [1.82, 2.24) is 5.32 Å². The first-order valence-electron chi connectivity index (χ1n) is 26.5. The second-order valence-corrected chi connectivity index (χ2v) is 19.6. The van der Waals surface area contributed by atoms with E-state index < -0.39 is 23.7 Å². The minimum atomic E-state index is -0.966. The third-order valence-electron chi connectivity index (χ3n) is 12.7. The highest BCUT2D eigenvalue weighted by molar-refractivity contribution is 5.82. The molecule has 0 saturated heterocycles. The zero-order valence-electron chi connectivity index (χ0n) is 41.6. The number of amides is 1. The summed E-state index contributed by atoms with van der Waals surface area (Å²) >= 11 is 0. The zero-order valence-corrected chi connectivity index (χ0v) is 41.6. The number of allylic oxidation sites excluding steroid dienone is 4. The monoisotopic (exact) mass is 884 g/mol. The Hall–Kier alpha value is -3.38. The van der Waals surface area contributed by atoms with Crippen LogP contribution in [0.5, 0.6) is 0 Å². The van der Waals surface area contributed by atoms with E-state index in [0.29, 0.717) is 0 Å². The van der Waals surface area contributed by atoms with Crippen LogP contribution in [0.1, 0.15) is 238 Å². The molecule has 0 fully saturated rings. The maximum atomic E-state index is 13.9. The molecule has 0 spiro atoms. The predicted molar refractivity (Wildman–Crippen MR) is 271 cm³/mol. The van der Waals surface area contributed by atoms with Crippen molar-refractivity contribution in [3.8, 4) is 11.1 Å². The second kappa shape index (κ2) is 34.9. The van der Waals surface area contributed by atoms with Gasteiger partial charge in [-0.1, -0.05) is 196 Å². The number of alkyl carbamates (subject to hydrolysis) is 1. The molecule has 1 aliphatic rings. The van der Waals surface area contributed by atoms with Gasteiger partial charge in [0.2, 0.25) is 0 Å². The molecule has 0 heterocycles. The Morgan fingerprint density at radius 1 is 0.562 bits per heavy atom. The number of rotatable bonds is 38. The van der Waals surface area contributed by atoms with E-state index >= 15 is 0 Å². The lowest BCUT2D eigenvalue weighted by molar-refractivity contribution is -0.155. The maximum Gasteiger partial charge on any atom is 0.407 e. The molecule has 2 aromatic rings. The Morgan fingerprint density at radius 2 is 0.953 bits per heavy atom. The third kappa shape index (κ3) is 24.8. The summed E-state index contributed by atoms with van der Waals surface area (Å²) in [6.07, 6.45) is 44.5. The molecule has 6 nitrogen and oxygen atoms in total. The molecular formula is C58H93NO5. The lowest BCUT2D eigenvalue weighted by Gasteiger charge is -2.26. The first-order valence-corrected chi connectivity index (χ1v) is 26.5. The number of carbonyl (C=O) groups excluding carboxylic acids is 2. The smallest absolute Gasteiger partial charge is 0.407 e. The summed E-state index contributed by atoms with van der Waals surface area (Å²) in [6.45, 7) is 10.6. The largest absolute Gasteiger partial charge is 0.461 e. The van der Waals surface area contributed by atoms with Crippen molar-refractivity contribution >= 4 is 12.1 Å². The fourth-order valence-corrected chi connectivity index (χ4v) is 8.86. The van der Waals surface area contributed by atoms with Gasteiger partial charge >= 0.3 is 12.1 Å². The lowest BCUT2D eigenvalue weighted by Crippen LogP contribution is -2.47. The number of nitrogens with one attached hydrogen (secondary N) is 1. The molecule has 0 bridgehead atoms. The normalized spacial score (nSPS) is 13.6. The van der Waals surface area contributed by atoms with Crippen LogP contribution in [0.3, 0.4) is 0 Å². The second-order valence-electron chi connectivity index (χ2n) is 19.6. The Balaban J connectivity index is 1.46. The highest BCUT2D eigenvalue weighted by atomic mass is 16.6. The molecule has 2 unspecified atom stereocenters. The number of ether oxygens (including phenoxy) is 3. The van der Waals surface area contributed by atoms with Gasteiger partial charge in [-0.2, -0.15) is 0 Å². The number of hydrogen-bond acceptors (Lipinski definition) is 5. The van der Waals surface area contributed by atoms with Crippen molar-refractivity contribution in [2.24, 2.45) is 0 Å². The van der Waals surface area contributed by atoms with Crippen LogP contribution in [-0.4, -0.2) is 43.0 Å². The van der Waals surface area contributed by atoms with Crippen LogP contribution in [0.2, 0.25) is 0 Å². The fourth-order valence-electron chi connectivity index (χ4n) is 8.86. The van der Waals surface area contributed by atoms with Crippen molar-refractivity contribution in [3.05, 3.63) is 84.0 Å². The van der Waals surface area contributed by atoms with Crippen LogP contribution in [0.4, 0.5) is 4.79 Å². The van der Waals surface area contributed by atoms with E-state index in [0.717, 1.165) is 49.7 Å². The van der Waals surface area contributed by atoms with E-state index in [1.165, 1.54) is 159 Å². The molecule has 1 aliphatic carbocycles. The Morgan fingerprint density at radius 3 is 1.38 bits per heavy atom. The fraction of sp³-hybridized carbons (Fsp3) is 0.690. The predicted octanol–water partition coefficient (Wildman–Crippen LogP) is 17.1. The van der Waals surface area contributed by atoms with E-state index in [9.17, 15) is 9.59 Å². The molecule has 0 aliphatic heterocycles. The van der Waals surface area contributed by atoms with Crippen LogP contribution in [0.15, 0.2) is 72.8 Å². The van der Waals surface area contributed by atoms with Gasteiger partial charge in [0.05, 0.1) is 12.2 Å². The Kier molecular flexibility index (Phi) is 30.0. The highest BCUT2D eigenvalue weighted by Gasteiger charge is 2.31. The average molecular weight is 884 g/mol. The maximum absolute atomic E-state index is 13.9. The highest BCUT2D eigenvalue weighted by Crippen LogP contribution is 2.44. The van der Waals surface area contributed by atoms with Crippen LogP contribution in [-0.2, 0) is 19.0 Å². The van der Waals surface area contributed by atoms with E-state index in [1.807, 2.05) is 45.0 Å². The average Bonchev–Trinajstić information content (AvgIpc) is 3.61. The number of benzene rings is 2. The number of hydrogen-bond donors (Lipinski definition) is 1. The van der Waals surface area contributed by atoms with Crippen LogP contribution in [0.25, 0.3) is 11.1 Å². The van der Waals surface area contributed by atoms with E-state index in [-0.39, 0.29) is 25.2 Å². The van der Waals surface area contributed by atoms with Crippen molar-refractivity contribution in [2.75, 3.05) is 13.2 Å². The Labute approximate surface area is 392 Å². The van der Waals surface area contributed by atoms with Gasteiger partial charge in [-0.25, -0.2) is 9.59 Å². The zero-order chi connectivity index (χ0) is 45.9. The van der Waals surface area contributed by atoms with Gasteiger partial charge in [-0.3, -0.25) is 0 Å². The quantitative estimate of drug-likeness (QED) is 0.0413. The number of esters is 1. The van der Waals surface area contributed by atoms with Crippen LogP contribution >= 0.6 is 0 Å². The van der Waals surface area contributed by atoms with Gasteiger partial charge in [-0.15, -0.1) is 0 Å². The summed E-state index contributed by atoms with van der Waals surface area (Å²) in [5.41, 5.74) is 4.15. The minimum Gasteiger partial charge on any atom is -0.461 e. The molecule has 1 amide bonds. The first kappa shape index (κ1) is 55.0. The summed E-state index contributed by atoms with van der Waals surface area (Å²) in [4.78, 5) is 27.4. The summed E-state index contributed by atoms with van der Waals surface area (Å²) in [6, 6.07) is 15.6. The molecule has 64 heavy (non-hydrogen) atoms. The van der Waals surface area contributed by atoms with Gasteiger partial charge < -0.3 is 19.5 Å². The molecular weight excluding hydrogens is 791 g/mol. The number of carbonyl (C=O) groups is 2. The van der Waals surface area contributed by atoms with Crippen molar-refractivity contribution in [2.45, 2.75) is 244 Å². The first-order chi connectivity index (χ1) is 31.2. The van der Waals surface area contributed by atoms with Crippen LogP contribution in [0, 0.1) is 0 Å². The van der Waals surface area contributed by atoms with E-state index in [1.54, 1.807) is 0 Å². The molecule has 0 saturated carbocycles. The van der Waals surface area contributed by atoms with Gasteiger partial charge in [0, 0.05) is 5.92 Å². The molecule has 2 aromatic carbocycles. The Bertz CT molecular complexity index is 1510. The molecule has 0 aromatic heterocycles. The summed E-state index contributed by atoms with van der Waals surface area (Å²) in [7, 11) is 0. The topological polar surface area (TPSA) is 73.9 Å². The van der Waals surface area contributed by atoms with Gasteiger partial charge in [0.1, 0.15) is 12.7 Å². The van der Waals surface area contributed by atoms with Crippen molar-refractivity contribution in [3.63, 3.8) is 0 Å².